The van der Waals surface area contributed by atoms with Gasteiger partial charge in [-0.25, -0.2) is 0 Å². The van der Waals surface area contributed by atoms with E-state index in [1.165, 1.54) is 31.2 Å². The van der Waals surface area contributed by atoms with Gasteiger partial charge in [0.05, 0.1) is 0 Å². The van der Waals surface area contributed by atoms with Crippen molar-refractivity contribution in [2.75, 3.05) is 13.1 Å². The fourth-order valence-electron chi connectivity index (χ4n) is 2.09. The highest BCUT2D eigenvalue weighted by Gasteiger charge is 2.19. The van der Waals surface area contributed by atoms with E-state index in [1.54, 1.807) is 0 Å². The molecule has 0 aliphatic heterocycles. The zero-order valence-corrected chi connectivity index (χ0v) is 9.86. The van der Waals surface area contributed by atoms with Crippen molar-refractivity contribution in [2.45, 2.75) is 37.6 Å². The summed E-state index contributed by atoms with van der Waals surface area (Å²) in [5.74, 6) is 0.530. The highest BCUT2D eigenvalue weighted by Crippen LogP contribution is 2.21. The van der Waals surface area contributed by atoms with Gasteiger partial charge in [-0.1, -0.05) is 30.3 Å². The van der Waals surface area contributed by atoms with E-state index in [0.29, 0.717) is 5.92 Å². The Morgan fingerprint density at radius 3 is 2.62 bits per heavy atom. The van der Waals surface area contributed by atoms with Gasteiger partial charge in [-0.2, -0.15) is 0 Å². The Kier molecular flexibility index (Phi) is 4.37. The summed E-state index contributed by atoms with van der Waals surface area (Å²) in [6, 6.07) is 11.5. The van der Waals surface area contributed by atoms with Crippen LogP contribution in [0.4, 0.5) is 0 Å². The number of rotatable bonds is 7. The van der Waals surface area contributed by atoms with Gasteiger partial charge in [-0.3, -0.25) is 0 Å². The maximum atomic E-state index is 5.84. The summed E-state index contributed by atoms with van der Waals surface area (Å²) < 4.78 is 0. The van der Waals surface area contributed by atoms with Gasteiger partial charge in [0.2, 0.25) is 0 Å². The maximum absolute atomic E-state index is 5.84. The second-order valence-corrected chi connectivity index (χ2v) is 4.71. The topological polar surface area (TPSA) is 38.0 Å². The van der Waals surface area contributed by atoms with Crippen molar-refractivity contribution in [2.24, 2.45) is 5.73 Å². The van der Waals surface area contributed by atoms with Crippen LogP contribution >= 0.6 is 0 Å². The molecule has 0 heterocycles. The molecule has 1 atom stereocenters. The third-order valence-corrected chi connectivity index (χ3v) is 3.30. The Bertz CT molecular complexity index is 293. The number of nitrogens with one attached hydrogen (secondary N) is 1. The highest BCUT2D eigenvalue weighted by molar-refractivity contribution is 5.19. The molecule has 2 nitrogen and oxygen atoms in total. The summed E-state index contributed by atoms with van der Waals surface area (Å²) in [6.45, 7) is 1.90. The van der Waals surface area contributed by atoms with Crippen molar-refractivity contribution >= 4 is 0 Å². The van der Waals surface area contributed by atoms with Gasteiger partial charge in [-0.15, -0.1) is 0 Å². The van der Waals surface area contributed by atoms with Crippen LogP contribution in [0, 0.1) is 0 Å². The molecule has 0 radical (unpaired) electrons. The molecule has 0 aromatic heterocycles. The standard InChI is InChI=1S/C14H22N2/c15-11-13(12-5-2-1-3-6-12)7-4-10-16-14-8-9-14/h1-3,5-6,13-14,16H,4,7-11,15H2. The predicted octanol–water partition coefficient (Wildman–Crippen LogP) is 2.26. The molecule has 1 fully saturated rings. The normalized spacial score (nSPS) is 17.3. The molecule has 16 heavy (non-hydrogen) atoms. The molecule has 0 spiro atoms. The monoisotopic (exact) mass is 218 g/mol. The lowest BCUT2D eigenvalue weighted by Crippen LogP contribution is -2.19. The second-order valence-electron chi connectivity index (χ2n) is 4.71. The molecule has 0 bridgehead atoms. The van der Waals surface area contributed by atoms with Gasteiger partial charge in [0.25, 0.3) is 0 Å². The first-order valence-corrected chi connectivity index (χ1v) is 6.38. The largest absolute Gasteiger partial charge is 0.330 e. The Morgan fingerprint density at radius 1 is 1.25 bits per heavy atom. The first-order chi connectivity index (χ1) is 7.90. The molecular formula is C14H22N2. The lowest BCUT2D eigenvalue weighted by atomic mass is 9.94. The fraction of sp³-hybridized carbons (Fsp3) is 0.571. The average Bonchev–Trinajstić information content (AvgIpc) is 3.14. The lowest BCUT2D eigenvalue weighted by Gasteiger charge is -2.15. The van der Waals surface area contributed by atoms with Crippen LogP contribution in [0.15, 0.2) is 30.3 Å². The predicted molar refractivity (Wildman–Crippen MR) is 68.5 cm³/mol. The molecule has 0 amide bonds. The van der Waals surface area contributed by atoms with E-state index in [9.17, 15) is 0 Å². The van der Waals surface area contributed by atoms with Gasteiger partial charge in [0.15, 0.2) is 0 Å². The van der Waals surface area contributed by atoms with Crippen LogP contribution in [0.1, 0.15) is 37.2 Å². The van der Waals surface area contributed by atoms with Gasteiger partial charge in [0, 0.05) is 6.04 Å². The van der Waals surface area contributed by atoms with Crippen molar-refractivity contribution in [3.05, 3.63) is 35.9 Å². The molecule has 0 saturated heterocycles. The zero-order chi connectivity index (χ0) is 11.2. The first-order valence-electron chi connectivity index (χ1n) is 6.38. The first kappa shape index (κ1) is 11.6. The van der Waals surface area contributed by atoms with Crippen LogP contribution in [-0.2, 0) is 0 Å². The number of nitrogens with two attached hydrogens (primary N) is 1. The lowest BCUT2D eigenvalue weighted by molar-refractivity contribution is 0.558. The van der Waals surface area contributed by atoms with E-state index in [1.807, 2.05) is 0 Å². The number of hydrogen-bond donors (Lipinski definition) is 2. The average molecular weight is 218 g/mol. The maximum Gasteiger partial charge on any atom is 0.00682 e. The van der Waals surface area contributed by atoms with Crippen molar-refractivity contribution in [3.63, 3.8) is 0 Å². The summed E-state index contributed by atoms with van der Waals surface area (Å²) in [5, 5.41) is 3.55. The smallest absolute Gasteiger partial charge is 0.00682 e. The third kappa shape index (κ3) is 3.62. The van der Waals surface area contributed by atoms with E-state index in [2.05, 4.69) is 35.6 Å². The molecule has 1 aliphatic carbocycles. The van der Waals surface area contributed by atoms with Crippen molar-refractivity contribution in [1.82, 2.24) is 5.32 Å². The molecule has 1 saturated carbocycles. The van der Waals surface area contributed by atoms with Crippen LogP contribution in [0.5, 0.6) is 0 Å². The van der Waals surface area contributed by atoms with Crippen molar-refractivity contribution in [1.29, 1.82) is 0 Å². The van der Waals surface area contributed by atoms with Crippen molar-refractivity contribution < 1.29 is 0 Å². The van der Waals surface area contributed by atoms with Crippen molar-refractivity contribution in [3.8, 4) is 0 Å². The number of benzene rings is 1. The fourth-order valence-corrected chi connectivity index (χ4v) is 2.09. The Morgan fingerprint density at radius 2 is 2.00 bits per heavy atom. The third-order valence-electron chi connectivity index (χ3n) is 3.30. The summed E-state index contributed by atoms with van der Waals surface area (Å²) in [5.41, 5.74) is 7.22. The van der Waals surface area contributed by atoms with E-state index >= 15 is 0 Å². The summed E-state index contributed by atoms with van der Waals surface area (Å²) in [7, 11) is 0. The second kappa shape index (κ2) is 6.02. The SMILES string of the molecule is NCC(CCCNC1CC1)c1ccccc1. The molecule has 1 unspecified atom stereocenters. The summed E-state index contributed by atoms with van der Waals surface area (Å²) >= 11 is 0. The molecule has 1 aromatic rings. The number of hydrogen-bond acceptors (Lipinski definition) is 2. The van der Waals surface area contributed by atoms with Gasteiger partial charge >= 0.3 is 0 Å². The van der Waals surface area contributed by atoms with E-state index < -0.39 is 0 Å². The molecular weight excluding hydrogens is 196 g/mol. The summed E-state index contributed by atoms with van der Waals surface area (Å²) in [4.78, 5) is 0. The van der Waals surface area contributed by atoms with E-state index in [0.717, 1.165) is 19.1 Å². The quantitative estimate of drug-likeness (QED) is 0.689. The van der Waals surface area contributed by atoms with Gasteiger partial charge < -0.3 is 11.1 Å². The Balaban J connectivity index is 1.72. The Hall–Kier alpha value is -0.860. The van der Waals surface area contributed by atoms with Crippen LogP contribution in [0.25, 0.3) is 0 Å². The molecule has 2 heteroatoms. The molecule has 2 rings (SSSR count). The van der Waals surface area contributed by atoms with Gasteiger partial charge in [0.1, 0.15) is 0 Å². The van der Waals surface area contributed by atoms with Crippen LogP contribution in [0.2, 0.25) is 0 Å². The zero-order valence-electron chi connectivity index (χ0n) is 9.86. The van der Waals surface area contributed by atoms with E-state index in [4.69, 9.17) is 5.73 Å². The minimum absolute atomic E-state index is 0.530. The van der Waals surface area contributed by atoms with E-state index in [-0.39, 0.29) is 0 Å². The van der Waals surface area contributed by atoms with Crippen LogP contribution in [0.3, 0.4) is 0 Å². The van der Waals surface area contributed by atoms with Gasteiger partial charge in [-0.05, 0) is 50.3 Å². The highest BCUT2D eigenvalue weighted by atomic mass is 14.9. The molecule has 88 valence electrons. The molecule has 1 aromatic carbocycles. The van der Waals surface area contributed by atoms with Crippen LogP contribution in [-0.4, -0.2) is 19.1 Å². The molecule has 3 N–H and O–H groups in total. The minimum atomic E-state index is 0.530. The molecule has 1 aliphatic rings. The summed E-state index contributed by atoms with van der Waals surface area (Å²) in [6.07, 6.45) is 5.17. The van der Waals surface area contributed by atoms with Crippen LogP contribution < -0.4 is 11.1 Å². The Labute approximate surface area is 98.2 Å². The minimum Gasteiger partial charge on any atom is -0.330 e.